The summed E-state index contributed by atoms with van der Waals surface area (Å²) < 4.78 is 39.3. The van der Waals surface area contributed by atoms with Crippen molar-refractivity contribution < 1.29 is 32.3 Å². The largest absolute Gasteiger partial charge is 0.490 e. The van der Waals surface area contributed by atoms with Gasteiger partial charge in [0.15, 0.2) is 0 Å². The third-order valence-electron chi connectivity index (χ3n) is 6.53. The molecule has 0 bridgehead atoms. The van der Waals surface area contributed by atoms with Crippen LogP contribution < -0.4 is 5.32 Å². The molecule has 9 nitrogen and oxygen atoms in total. The lowest BCUT2D eigenvalue weighted by Crippen LogP contribution is -2.44. The number of furan rings is 1. The Labute approximate surface area is 201 Å². The van der Waals surface area contributed by atoms with Gasteiger partial charge in [-0.3, -0.25) is 9.69 Å². The molecule has 2 aliphatic rings. The van der Waals surface area contributed by atoms with Gasteiger partial charge >= 0.3 is 12.1 Å². The first-order valence-electron chi connectivity index (χ1n) is 11.7. The monoisotopic (exact) mass is 499 g/mol. The average Bonchev–Trinajstić information content (AvgIpc) is 3.44. The van der Waals surface area contributed by atoms with Crippen LogP contribution in [0, 0.1) is 11.3 Å². The normalized spacial score (nSPS) is 17.5. The first-order chi connectivity index (χ1) is 16.5. The van der Waals surface area contributed by atoms with Crippen LogP contribution in [0.5, 0.6) is 0 Å². The highest BCUT2D eigenvalue weighted by Crippen LogP contribution is 2.41. The predicted octanol–water partition coefficient (Wildman–Crippen LogP) is 3.51. The van der Waals surface area contributed by atoms with E-state index in [1.165, 1.54) is 0 Å². The Kier molecular flexibility index (Phi) is 8.57. The SMILES string of the molecule is CC(C)CCNC(=O)c1nnc2n1CC1(CC2)CCN(Cc2ccco2)CC1.O=C(O)C(F)(F)F. The number of halogens is 3. The number of amides is 1. The molecule has 2 aromatic heterocycles. The van der Waals surface area contributed by atoms with E-state index >= 15 is 0 Å². The van der Waals surface area contributed by atoms with E-state index < -0.39 is 12.1 Å². The maximum Gasteiger partial charge on any atom is 0.490 e. The van der Waals surface area contributed by atoms with E-state index in [0.717, 1.165) is 69.9 Å². The second-order valence-electron chi connectivity index (χ2n) is 9.62. The number of aliphatic carboxylic acids is 1. The van der Waals surface area contributed by atoms with Gasteiger partial charge in [-0.1, -0.05) is 13.8 Å². The molecule has 1 saturated heterocycles. The van der Waals surface area contributed by atoms with Gasteiger partial charge in [0.1, 0.15) is 11.6 Å². The lowest BCUT2D eigenvalue weighted by Gasteiger charge is -2.44. The molecule has 2 aromatic rings. The smallest absolute Gasteiger partial charge is 0.475 e. The number of carboxylic acids is 1. The molecule has 0 aromatic carbocycles. The number of aryl methyl sites for hydroxylation is 1. The molecule has 194 valence electrons. The maximum absolute atomic E-state index is 12.6. The number of carbonyl (C=O) groups is 2. The molecule has 0 aliphatic carbocycles. The van der Waals surface area contributed by atoms with E-state index in [-0.39, 0.29) is 11.3 Å². The van der Waals surface area contributed by atoms with Crippen LogP contribution in [0.25, 0.3) is 0 Å². The van der Waals surface area contributed by atoms with Gasteiger partial charge in [-0.25, -0.2) is 4.79 Å². The lowest BCUT2D eigenvalue weighted by atomic mass is 9.73. The molecule has 2 aliphatic heterocycles. The van der Waals surface area contributed by atoms with Gasteiger partial charge < -0.3 is 19.4 Å². The van der Waals surface area contributed by atoms with E-state index in [1.807, 2.05) is 12.1 Å². The van der Waals surface area contributed by atoms with Crippen molar-refractivity contribution >= 4 is 11.9 Å². The zero-order valence-electron chi connectivity index (χ0n) is 20.0. The summed E-state index contributed by atoms with van der Waals surface area (Å²) in [6, 6.07) is 3.99. The summed E-state index contributed by atoms with van der Waals surface area (Å²) in [6.45, 7) is 8.87. The average molecular weight is 500 g/mol. The van der Waals surface area contributed by atoms with Crippen molar-refractivity contribution in [1.82, 2.24) is 25.0 Å². The van der Waals surface area contributed by atoms with Crippen molar-refractivity contribution in [2.45, 2.75) is 65.2 Å². The van der Waals surface area contributed by atoms with Gasteiger partial charge in [-0.05, 0) is 62.2 Å². The molecule has 35 heavy (non-hydrogen) atoms. The first-order valence-corrected chi connectivity index (χ1v) is 11.7. The van der Waals surface area contributed by atoms with Crippen molar-refractivity contribution in [3.63, 3.8) is 0 Å². The van der Waals surface area contributed by atoms with E-state index in [4.69, 9.17) is 14.3 Å². The predicted molar refractivity (Wildman–Crippen MR) is 119 cm³/mol. The first kappa shape index (κ1) is 26.7. The van der Waals surface area contributed by atoms with Crippen LogP contribution in [0.3, 0.4) is 0 Å². The van der Waals surface area contributed by atoms with E-state index in [0.29, 0.717) is 18.3 Å². The topological polar surface area (TPSA) is 113 Å². The molecule has 2 N–H and O–H groups in total. The van der Waals surface area contributed by atoms with Crippen LogP contribution in [-0.4, -0.2) is 62.5 Å². The summed E-state index contributed by atoms with van der Waals surface area (Å²) in [7, 11) is 0. The van der Waals surface area contributed by atoms with Crippen LogP contribution in [0.4, 0.5) is 13.2 Å². The molecular weight excluding hydrogens is 467 g/mol. The molecule has 1 spiro atoms. The van der Waals surface area contributed by atoms with Gasteiger partial charge in [-0.15, -0.1) is 10.2 Å². The molecule has 1 fully saturated rings. The van der Waals surface area contributed by atoms with Gasteiger partial charge in [0.2, 0.25) is 5.82 Å². The second kappa shape index (κ2) is 11.2. The molecule has 0 atom stereocenters. The number of piperidine rings is 1. The van der Waals surface area contributed by atoms with Crippen LogP contribution in [0.1, 0.15) is 61.7 Å². The van der Waals surface area contributed by atoms with Crippen molar-refractivity contribution in [2.24, 2.45) is 11.3 Å². The van der Waals surface area contributed by atoms with Crippen molar-refractivity contribution in [3.05, 3.63) is 35.8 Å². The number of nitrogens with zero attached hydrogens (tertiary/aromatic N) is 4. The highest BCUT2D eigenvalue weighted by atomic mass is 19.4. The summed E-state index contributed by atoms with van der Waals surface area (Å²) in [5.74, 6) is 0.191. The van der Waals surface area contributed by atoms with Crippen LogP contribution in [0.15, 0.2) is 22.8 Å². The summed E-state index contributed by atoms with van der Waals surface area (Å²) >= 11 is 0. The van der Waals surface area contributed by atoms with Crippen molar-refractivity contribution in [3.8, 4) is 0 Å². The standard InChI is InChI=1S/C21H31N5O2.C2HF3O2/c1-16(2)6-10-22-20(27)19-24-23-18-5-7-21(15-26(18)19)8-11-25(12-9-21)14-17-4-3-13-28-17;3-2(4,5)1(6)7/h3-4,13,16H,5-12,14-15H2,1-2H3,(H,22,27);(H,6,7). The molecule has 0 unspecified atom stereocenters. The number of hydrogen-bond donors (Lipinski definition) is 2. The Balaban J connectivity index is 0.000000429. The van der Waals surface area contributed by atoms with E-state index in [9.17, 15) is 18.0 Å². The number of alkyl halides is 3. The molecule has 12 heteroatoms. The van der Waals surface area contributed by atoms with Gasteiger partial charge in [0, 0.05) is 19.5 Å². The molecule has 0 saturated carbocycles. The maximum atomic E-state index is 12.6. The number of carbonyl (C=O) groups excluding carboxylic acids is 1. The Hall–Kier alpha value is -2.89. The summed E-state index contributed by atoms with van der Waals surface area (Å²) in [5.41, 5.74) is 0.252. The van der Waals surface area contributed by atoms with E-state index in [1.54, 1.807) is 6.26 Å². The zero-order valence-corrected chi connectivity index (χ0v) is 20.0. The third kappa shape index (κ3) is 7.30. The molecule has 4 heterocycles. The second-order valence-corrected chi connectivity index (χ2v) is 9.62. The third-order valence-corrected chi connectivity index (χ3v) is 6.53. The molecule has 4 rings (SSSR count). The fourth-order valence-electron chi connectivity index (χ4n) is 4.42. The minimum absolute atomic E-state index is 0.0910. The van der Waals surface area contributed by atoms with Crippen LogP contribution >= 0.6 is 0 Å². The van der Waals surface area contributed by atoms with Gasteiger partial charge in [0.25, 0.3) is 5.91 Å². The Morgan fingerprint density at radius 3 is 2.49 bits per heavy atom. The Morgan fingerprint density at radius 1 is 1.23 bits per heavy atom. The van der Waals surface area contributed by atoms with Crippen LogP contribution in [-0.2, 0) is 24.3 Å². The number of fused-ring (bicyclic) bond motifs is 1. The van der Waals surface area contributed by atoms with Gasteiger partial charge in [-0.2, -0.15) is 13.2 Å². The number of rotatable bonds is 6. The van der Waals surface area contributed by atoms with Crippen LogP contribution in [0.2, 0.25) is 0 Å². The minimum atomic E-state index is -5.08. The number of nitrogens with one attached hydrogen (secondary N) is 1. The number of likely N-dealkylation sites (tertiary alicyclic amines) is 1. The molecule has 0 radical (unpaired) electrons. The highest BCUT2D eigenvalue weighted by Gasteiger charge is 2.40. The number of carboxylic acid groups (broad SMARTS) is 1. The number of hydrogen-bond acceptors (Lipinski definition) is 6. The van der Waals surface area contributed by atoms with E-state index in [2.05, 4.69) is 38.8 Å². The highest BCUT2D eigenvalue weighted by molar-refractivity contribution is 5.90. The fourth-order valence-corrected chi connectivity index (χ4v) is 4.42. The Bertz CT molecular complexity index is 980. The fraction of sp³-hybridized carbons (Fsp3) is 0.652. The Morgan fingerprint density at radius 2 is 1.91 bits per heavy atom. The minimum Gasteiger partial charge on any atom is -0.475 e. The summed E-state index contributed by atoms with van der Waals surface area (Å²) in [4.78, 5) is 24.0. The van der Waals surface area contributed by atoms with Crippen molar-refractivity contribution in [1.29, 1.82) is 0 Å². The zero-order chi connectivity index (χ0) is 25.6. The summed E-state index contributed by atoms with van der Waals surface area (Å²) in [5, 5.41) is 18.6. The summed E-state index contributed by atoms with van der Waals surface area (Å²) in [6.07, 6.45) is 1.95. The van der Waals surface area contributed by atoms with Crippen molar-refractivity contribution in [2.75, 3.05) is 19.6 Å². The number of aromatic nitrogens is 3. The molecule has 1 amide bonds. The van der Waals surface area contributed by atoms with Gasteiger partial charge in [0.05, 0.1) is 12.8 Å². The quantitative estimate of drug-likeness (QED) is 0.625. The lowest BCUT2D eigenvalue weighted by molar-refractivity contribution is -0.192. The molecular formula is C23H32F3N5O4.